The number of aromatic nitrogens is 2. The fraction of sp³-hybridized carbons (Fsp3) is 0.412. The highest BCUT2D eigenvalue weighted by Crippen LogP contribution is 2.32. The van der Waals surface area contributed by atoms with E-state index in [4.69, 9.17) is 22.8 Å². The zero-order valence-corrected chi connectivity index (χ0v) is 14.6. The molecule has 1 aromatic carbocycles. The van der Waals surface area contributed by atoms with Gasteiger partial charge in [0.25, 0.3) is 0 Å². The fourth-order valence-corrected chi connectivity index (χ4v) is 3.63. The van der Waals surface area contributed by atoms with Gasteiger partial charge >= 0.3 is 5.97 Å². The van der Waals surface area contributed by atoms with Crippen molar-refractivity contribution in [2.45, 2.75) is 45.2 Å². The molecule has 1 heterocycles. The van der Waals surface area contributed by atoms with E-state index in [1.54, 1.807) is 13.1 Å². The average molecular weight is 367 g/mol. The number of benzene rings is 1. The van der Waals surface area contributed by atoms with Crippen LogP contribution >= 0.6 is 12.2 Å². The summed E-state index contributed by atoms with van der Waals surface area (Å²) in [7, 11) is 0. The van der Waals surface area contributed by atoms with E-state index in [0.717, 1.165) is 6.07 Å². The first kappa shape index (κ1) is 17.8. The van der Waals surface area contributed by atoms with Crippen LogP contribution in [0, 0.1) is 16.4 Å². The van der Waals surface area contributed by atoms with E-state index in [9.17, 15) is 13.6 Å². The lowest BCUT2D eigenvalue weighted by atomic mass is 9.87. The van der Waals surface area contributed by atoms with Gasteiger partial charge in [0.15, 0.2) is 0 Å². The maximum atomic E-state index is 13.9. The Labute approximate surface area is 149 Å². The molecule has 0 saturated carbocycles. The van der Waals surface area contributed by atoms with E-state index in [-0.39, 0.29) is 19.0 Å². The average Bonchev–Trinajstić information content (AvgIpc) is 2.89. The van der Waals surface area contributed by atoms with Crippen molar-refractivity contribution in [2.24, 2.45) is 5.73 Å². The quantitative estimate of drug-likeness (QED) is 0.844. The third kappa shape index (κ3) is 3.36. The van der Waals surface area contributed by atoms with Crippen LogP contribution in [0.25, 0.3) is 0 Å². The molecule has 2 N–H and O–H groups in total. The highest BCUT2D eigenvalue weighted by molar-refractivity contribution is 7.71. The summed E-state index contributed by atoms with van der Waals surface area (Å²) in [5, 5.41) is 0. The van der Waals surface area contributed by atoms with Crippen molar-refractivity contribution in [3.05, 3.63) is 51.6 Å². The van der Waals surface area contributed by atoms with E-state index in [2.05, 4.69) is 0 Å². The second kappa shape index (κ2) is 7.05. The summed E-state index contributed by atoms with van der Waals surface area (Å²) in [6.07, 6.45) is 3.38. The Morgan fingerprint density at radius 2 is 2.20 bits per heavy atom. The van der Waals surface area contributed by atoms with Crippen LogP contribution in [0.15, 0.2) is 18.3 Å². The van der Waals surface area contributed by atoms with Gasteiger partial charge in [0.05, 0.1) is 11.9 Å². The Morgan fingerprint density at radius 1 is 1.44 bits per heavy atom. The van der Waals surface area contributed by atoms with Crippen LogP contribution in [0.5, 0.6) is 0 Å². The Bertz CT molecular complexity index is 876. The van der Waals surface area contributed by atoms with E-state index < -0.39 is 17.6 Å². The van der Waals surface area contributed by atoms with Crippen LogP contribution in [0.3, 0.4) is 0 Å². The molecule has 134 valence electrons. The van der Waals surface area contributed by atoms with Crippen LogP contribution in [-0.4, -0.2) is 15.3 Å². The molecule has 0 bridgehead atoms. The molecule has 1 atom stereocenters. The molecule has 0 fully saturated rings. The number of nitrogens with zero attached hydrogens (tertiary/aromatic N) is 2. The van der Waals surface area contributed by atoms with E-state index in [1.165, 1.54) is 10.8 Å². The van der Waals surface area contributed by atoms with Gasteiger partial charge in [-0.1, -0.05) is 6.92 Å². The Morgan fingerprint density at radius 3 is 2.88 bits per heavy atom. The number of carbonyl (C=O) groups is 1. The lowest BCUT2D eigenvalue weighted by Gasteiger charge is -2.27. The number of nitrogens with two attached hydrogens (primary N) is 1. The number of fused-ring (bicyclic) bond motifs is 1. The van der Waals surface area contributed by atoms with E-state index >= 15 is 0 Å². The molecular weight excluding hydrogens is 348 g/mol. The molecule has 1 aliphatic carbocycles. The predicted molar refractivity (Wildman–Crippen MR) is 90.4 cm³/mol. The number of carbonyl (C=O) groups excluding carboxylic acids is 1. The van der Waals surface area contributed by atoms with Gasteiger partial charge in [-0.05, 0) is 48.7 Å². The zero-order valence-electron chi connectivity index (χ0n) is 13.8. The lowest BCUT2D eigenvalue weighted by Crippen LogP contribution is -2.23. The van der Waals surface area contributed by atoms with Gasteiger partial charge in [-0.25, -0.2) is 13.6 Å². The molecule has 0 amide bonds. The number of hydrogen-bond donors (Lipinski definition) is 1. The summed E-state index contributed by atoms with van der Waals surface area (Å²) in [5.74, 6) is -1.51. The molecule has 0 radical (unpaired) electrons. The topological polar surface area (TPSA) is 62.2 Å². The zero-order chi connectivity index (χ0) is 18.1. The highest BCUT2D eigenvalue weighted by atomic mass is 32.1. The number of hydrogen-bond acceptors (Lipinski definition) is 4. The molecule has 1 unspecified atom stereocenters. The van der Waals surface area contributed by atoms with Crippen molar-refractivity contribution in [3.63, 3.8) is 0 Å². The second-order valence-corrected chi connectivity index (χ2v) is 6.41. The molecule has 8 heteroatoms. The minimum absolute atomic E-state index is 0.0960. The van der Waals surface area contributed by atoms with Crippen LogP contribution < -0.4 is 10.6 Å². The lowest BCUT2D eigenvalue weighted by molar-refractivity contribution is -0.144. The standard InChI is InChI=1S/C17H19F2N3O2S/c1-2-16(23)24-21-9-13(8-20)22(17(21)25)12-3-4-14-10(6-12)5-11(18)7-15(14)19/h5,7,9,12H,2-4,6,8,20H2,1H3. The molecule has 3 rings (SSSR count). The van der Waals surface area contributed by atoms with Crippen LogP contribution in [-0.2, 0) is 24.2 Å². The second-order valence-electron chi connectivity index (χ2n) is 6.04. The van der Waals surface area contributed by atoms with Crippen LogP contribution in [0.2, 0.25) is 0 Å². The first-order valence-corrected chi connectivity index (χ1v) is 8.56. The van der Waals surface area contributed by atoms with Gasteiger partial charge in [-0.3, -0.25) is 0 Å². The summed E-state index contributed by atoms with van der Waals surface area (Å²) >= 11 is 5.42. The van der Waals surface area contributed by atoms with Crippen molar-refractivity contribution >= 4 is 18.2 Å². The fourth-order valence-electron chi connectivity index (χ4n) is 3.27. The summed E-state index contributed by atoms with van der Waals surface area (Å²) in [5.41, 5.74) is 7.70. The largest absolute Gasteiger partial charge is 0.334 e. The molecule has 0 aliphatic heterocycles. The van der Waals surface area contributed by atoms with Gasteiger partial charge in [0.2, 0.25) is 4.77 Å². The third-order valence-electron chi connectivity index (χ3n) is 4.47. The van der Waals surface area contributed by atoms with Crippen molar-refractivity contribution < 1.29 is 18.4 Å². The van der Waals surface area contributed by atoms with Gasteiger partial charge in [-0.2, -0.15) is 4.73 Å². The highest BCUT2D eigenvalue weighted by Gasteiger charge is 2.26. The van der Waals surface area contributed by atoms with Crippen molar-refractivity contribution in [3.8, 4) is 0 Å². The Kier molecular flexibility index (Phi) is 5.01. The smallest absolute Gasteiger partial charge is 0.332 e. The molecule has 2 aromatic rings. The monoisotopic (exact) mass is 367 g/mol. The van der Waals surface area contributed by atoms with E-state index in [1.807, 2.05) is 4.57 Å². The van der Waals surface area contributed by atoms with Crippen molar-refractivity contribution in [1.82, 2.24) is 9.30 Å². The number of imidazole rings is 1. The van der Waals surface area contributed by atoms with E-state index in [0.29, 0.717) is 40.9 Å². The first-order chi connectivity index (χ1) is 11.9. The minimum atomic E-state index is -0.589. The summed E-state index contributed by atoms with van der Waals surface area (Å²) in [4.78, 5) is 16.7. The SMILES string of the molecule is CCC(=O)On1cc(CN)n(C2CCc3c(F)cc(F)cc3C2)c1=S. The summed E-state index contributed by atoms with van der Waals surface area (Å²) < 4.78 is 30.8. The maximum absolute atomic E-state index is 13.9. The predicted octanol–water partition coefficient (Wildman–Crippen LogP) is 2.85. The van der Waals surface area contributed by atoms with Crippen LogP contribution in [0.4, 0.5) is 8.78 Å². The van der Waals surface area contributed by atoms with Crippen molar-refractivity contribution in [2.75, 3.05) is 0 Å². The molecule has 1 aliphatic rings. The summed E-state index contributed by atoms with van der Waals surface area (Å²) in [6.45, 7) is 1.90. The first-order valence-electron chi connectivity index (χ1n) is 8.15. The number of rotatable bonds is 4. The molecular formula is C17H19F2N3O2S. The van der Waals surface area contributed by atoms with Crippen LogP contribution in [0.1, 0.15) is 42.6 Å². The Balaban J connectivity index is 1.97. The van der Waals surface area contributed by atoms with Gasteiger partial charge in [0, 0.05) is 25.1 Å². The third-order valence-corrected chi connectivity index (χ3v) is 4.85. The normalized spacial score (nSPS) is 16.6. The van der Waals surface area contributed by atoms with Crippen molar-refractivity contribution in [1.29, 1.82) is 0 Å². The molecule has 1 aromatic heterocycles. The molecule has 0 saturated heterocycles. The van der Waals surface area contributed by atoms with Gasteiger partial charge in [0.1, 0.15) is 11.6 Å². The molecule has 25 heavy (non-hydrogen) atoms. The van der Waals surface area contributed by atoms with Gasteiger partial charge < -0.3 is 15.1 Å². The Hall–Kier alpha value is -2.06. The summed E-state index contributed by atoms with van der Waals surface area (Å²) in [6, 6.07) is 2.18. The minimum Gasteiger partial charge on any atom is -0.334 e. The van der Waals surface area contributed by atoms with Gasteiger partial charge in [-0.15, -0.1) is 0 Å². The molecule has 5 nitrogen and oxygen atoms in total. The molecule has 0 spiro atoms. The maximum Gasteiger partial charge on any atom is 0.332 e. The number of halogens is 2.